The Balaban J connectivity index is 3.04. The predicted octanol–water partition coefficient (Wildman–Crippen LogP) is 2.12. The van der Waals surface area contributed by atoms with Crippen LogP contribution in [0.3, 0.4) is 0 Å². The van der Waals surface area contributed by atoms with Gasteiger partial charge in [0.25, 0.3) is 0 Å². The van der Waals surface area contributed by atoms with Gasteiger partial charge in [-0.25, -0.2) is 4.98 Å². The number of hydrogen-bond donors (Lipinski definition) is 1. The van der Waals surface area contributed by atoms with Crippen molar-refractivity contribution in [3.8, 4) is 12.3 Å². The molecule has 0 aliphatic heterocycles. The Bertz CT molecular complexity index is 437. The molecule has 0 amide bonds. The first-order chi connectivity index (χ1) is 7.58. The predicted molar refractivity (Wildman–Crippen MR) is 62.2 cm³/mol. The van der Waals surface area contributed by atoms with Gasteiger partial charge in [0.05, 0.1) is 11.0 Å². The van der Waals surface area contributed by atoms with Crippen molar-refractivity contribution < 1.29 is 4.92 Å². The Morgan fingerprint density at radius 1 is 1.75 bits per heavy atom. The van der Waals surface area contributed by atoms with Crippen molar-refractivity contribution in [2.45, 2.75) is 26.3 Å². The number of pyridine rings is 1. The maximum absolute atomic E-state index is 10.8. The molecule has 1 unspecified atom stereocenters. The summed E-state index contributed by atoms with van der Waals surface area (Å²) in [5, 5.41) is 13.7. The summed E-state index contributed by atoms with van der Waals surface area (Å²) in [6.45, 7) is 3.65. The molecular formula is C11H13N3O2. The summed E-state index contributed by atoms with van der Waals surface area (Å²) in [6, 6.07) is 1.23. The highest BCUT2D eigenvalue weighted by Gasteiger charge is 2.17. The Hall–Kier alpha value is -2.09. The van der Waals surface area contributed by atoms with Gasteiger partial charge >= 0.3 is 5.69 Å². The molecule has 5 heteroatoms. The zero-order valence-corrected chi connectivity index (χ0v) is 9.23. The van der Waals surface area contributed by atoms with Crippen LogP contribution in [-0.4, -0.2) is 15.9 Å². The summed E-state index contributed by atoms with van der Waals surface area (Å²) in [7, 11) is 0. The Labute approximate surface area is 94.0 Å². The van der Waals surface area contributed by atoms with Crippen molar-refractivity contribution in [1.82, 2.24) is 4.98 Å². The van der Waals surface area contributed by atoms with Gasteiger partial charge in [-0.2, -0.15) is 0 Å². The normalized spacial score (nSPS) is 11.6. The summed E-state index contributed by atoms with van der Waals surface area (Å²) in [5.41, 5.74) is 0.694. The van der Waals surface area contributed by atoms with Gasteiger partial charge in [0.1, 0.15) is 0 Å². The van der Waals surface area contributed by atoms with Crippen LogP contribution in [0.15, 0.2) is 12.3 Å². The molecule has 0 aliphatic carbocycles. The number of anilines is 1. The SMILES string of the molecule is C#CC(CC)Nc1ncc(C)cc1[N+](=O)[O-]. The lowest BCUT2D eigenvalue weighted by molar-refractivity contribution is -0.384. The van der Waals surface area contributed by atoms with E-state index < -0.39 is 4.92 Å². The quantitative estimate of drug-likeness (QED) is 0.478. The molecule has 16 heavy (non-hydrogen) atoms. The van der Waals surface area contributed by atoms with Crippen LogP contribution >= 0.6 is 0 Å². The molecule has 1 aromatic heterocycles. The average Bonchev–Trinajstić information content (AvgIpc) is 2.27. The molecule has 1 N–H and O–H groups in total. The van der Waals surface area contributed by atoms with Gasteiger partial charge in [-0.3, -0.25) is 10.1 Å². The number of nitrogens with one attached hydrogen (secondary N) is 1. The third-order valence-electron chi connectivity index (χ3n) is 2.12. The first-order valence-corrected chi connectivity index (χ1v) is 4.92. The van der Waals surface area contributed by atoms with Gasteiger partial charge in [0, 0.05) is 12.3 Å². The molecule has 1 rings (SSSR count). The van der Waals surface area contributed by atoms with E-state index >= 15 is 0 Å². The number of nitrogens with zero attached hydrogens (tertiary/aromatic N) is 2. The number of terminal acetylenes is 1. The zero-order valence-electron chi connectivity index (χ0n) is 9.23. The van der Waals surface area contributed by atoms with E-state index in [1.54, 1.807) is 13.1 Å². The first kappa shape index (κ1) is 12.0. The smallest absolute Gasteiger partial charge is 0.311 e. The van der Waals surface area contributed by atoms with Gasteiger partial charge in [-0.1, -0.05) is 12.8 Å². The van der Waals surface area contributed by atoms with E-state index in [2.05, 4.69) is 16.2 Å². The Morgan fingerprint density at radius 2 is 2.44 bits per heavy atom. The van der Waals surface area contributed by atoms with Crippen molar-refractivity contribution in [2.24, 2.45) is 0 Å². The van der Waals surface area contributed by atoms with Gasteiger partial charge in [-0.05, 0) is 18.9 Å². The summed E-state index contributed by atoms with van der Waals surface area (Å²) in [6.07, 6.45) is 7.53. The van der Waals surface area contributed by atoms with E-state index in [0.29, 0.717) is 6.42 Å². The lowest BCUT2D eigenvalue weighted by Gasteiger charge is -2.11. The van der Waals surface area contributed by atoms with Gasteiger partial charge < -0.3 is 5.32 Å². The lowest BCUT2D eigenvalue weighted by Crippen LogP contribution is -2.17. The second-order valence-corrected chi connectivity index (χ2v) is 3.41. The number of rotatable bonds is 4. The highest BCUT2D eigenvalue weighted by molar-refractivity contribution is 5.57. The number of hydrogen-bond acceptors (Lipinski definition) is 4. The van der Waals surface area contributed by atoms with Crippen molar-refractivity contribution in [2.75, 3.05) is 5.32 Å². The minimum absolute atomic E-state index is 0.0475. The highest BCUT2D eigenvalue weighted by Crippen LogP contribution is 2.23. The fourth-order valence-electron chi connectivity index (χ4n) is 1.23. The summed E-state index contributed by atoms with van der Waals surface area (Å²) in [5.74, 6) is 2.73. The fraction of sp³-hybridized carbons (Fsp3) is 0.364. The molecule has 0 aliphatic rings. The van der Waals surface area contributed by atoms with E-state index in [4.69, 9.17) is 6.42 Å². The summed E-state index contributed by atoms with van der Waals surface area (Å²) >= 11 is 0. The second-order valence-electron chi connectivity index (χ2n) is 3.41. The maximum atomic E-state index is 10.8. The number of aryl methyl sites for hydroxylation is 1. The molecule has 0 spiro atoms. The van der Waals surface area contributed by atoms with Gasteiger partial charge in [0.15, 0.2) is 0 Å². The lowest BCUT2D eigenvalue weighted by atomic mass is 10.2. The molecule has 0 aromatic carbocycles. The van der Waals surface area contributed by atoms with Crippen molar-refractivity contribution in [3.63, 3.8) is 0 Å². The van der Waals surface area contributed by atoms with Crippen LogP contribution in [0.1, 0.15) is 18.9 Å². The van der Waals surface area contributed by atoms with Crippen LogP contribution in [0.2, 0.25) is 0 Å². The first-order valence-electron chi connectivity index (χ1n) is 4.92. The zero-order chi connectivity index (χ0) is 12.1. The standard InChI is InChI=1S/C11H13N3O2/c1-4-9(5-2)13-11-10(14(15)16)6-8(3)7-12-11/h1,6-7,9H,5H2,2-3H3,(H,12,13). The molecule has 0 fully saturated rings. The third-order valence-corrected chi connectivity index (χ3v) is 2.12. The highest BCUT2D eigenvalue weighted by atomic mass is 16.6. The largest absolute Gasteiger partial charge is 0.351 e. The average molecular weight is 219 g/mol. The fourth-order valence-corrected chi connectivity index (χ4v) is 1.23. The van der Waals surface area contributed by atoms with Crippen LogP contribution in [0.25, 0.3) is 0 Å². The molecule has 0 saturated heterocycles. The molecule has 1 heterocycles. The van der Waals surface area contributed by atoms with Gasteiger partial charge in [0.2, 0.25) is 5.82 Å². The van der Waals surface area contributed by atoms with E-state index in [-0.39, 0.29) is 17.5 Å². The second kappa shape index (κ2) is 5.12. The van der Waals surface area contributed by atoms with Crippen LogP contribution in [-0.2, 0) is 0 Å². The molecule has 1 aromatic rings. The summed E-state index contributed by atoms with van der Waals surface area (Å²) in [4.78, 5) is 14.3. The molecule has 0 radical (unpaired) electrons. The Morgan fingerprint density at radius 3 is 2.94 bits per heavy atom. The van der Waals surface area contributed by atoms with E-state index in [0.717, 1.165) is 5.56 Å². The number of nitro groups is 1. The van der Waals surface area contributed by atoms with Crippen molar-refractivity contribution in [1.29, 1.82) is 0 Å². The topological polar surface area (TPSA) is 68.1 Å². The van der Waals surface area contributed by atoms with Crippen LogP contribution in [0, 0.1) is 29.4 Å². The van der Waals surface area contributed by atoms with Crippen LogP contribution in [0.5, 0.6) is 0 Å². The van der Waals surface area contributed by atoms with Crippen molar-refractivity contribution >= 4 is 11.5 Å². The van der Waals surface area contributed by atoms with E-state index in [1.807, 2.05) is 6.92 Å². The molecule has 5 nitrogen and oxygen atoms in total. The van der Waals surface area contributed by atoms with Crippen molar-refractivity contribution in [3.05, 3.63) is 27.9 Å². The minimum atomic E-state index is -0.467. The minimum Gasteiger partial charge on any atom is -0.351 e. The van der Waals surface area contributed by atoms with Crippen LogP contribution < -0.4 is 5.32 Å². The molecular weight excluding hydrogens is 206 g/mol. The Kier molecular flexibility index (Phi) is 3.84. The molecule has 0 saturated carbocycles. The molecule has 0 bridgehead atoms. The van der Waals surface area contributed by atoms with Crippen LogP contribution in [0.4, 0.5) is 11.5 Å². The third kappa shape index (κ3) is 2.70. The van der Waals surface area contributed by atoms with E-state index in [1.165, 1.54) is 6.07 Å². The summed E-state index contributed by atoms with van der Waals surface area (Å²) < 4.78 is 0. The monoisotopic (exact) mass is 219 g/mol. The number of aromatic nitrogens is 1. The molecule has 84 valence electrons. The van der Waals surface area contributed by atoms with Gasteiger partial charge in [-0.15, -0.1) is 6.42 Å². The van der Waals surface area contributed by atoms with E-state index in [9.17, 15) is 10.1 Å². The maximum Gasteiger partial charge on any atom is 0.311 e. The molecule has 1 atom stereocenters.